The Morgan fingerprint density at radius 3 is 2.58 bits per heavy atom. The maximum Gasteiger partial charge on any atom is 0.311 e. The molecule has 0 fully saturated rings. The van der Waals surface area contributed by atoms with Crippen molar-refractivity contribution in [1.29, 1.82) is 0 Å². The Morgan fingerprint density at radius 2 is 1.75 bits per heavy atom. The molecule has 4 rings (SSSR count). The quantitative estimate of drug-likeness (QED) is 0.606. The number of carboxylic acid groups (broad SMARTS) is 1. The number of rotatable bonds is 4. The third-order valence-corrected chi connectivity index (χ3v) is 4.79. The third kappa shape index (κ3) is 2.74. The summed E-state index contributed by atoms with van der Waals surface area (Å²) in [5.41, 5.74) is 3.33. The summed E-state index contributed by atoms with van der Waals surface area (Å²) < 4.78 is 8.37. The number of benzene rings is 3. The average molecular weight is 334 g/mol. The van der Waals surface area contributed by atoms with E-state index in [1.165, 1.54) is 0 Å². The highest BCUT2D eigenvalue weighted by molar-refractivity contribution is 7.00. The van der Waals surface area contributed by atoms with E-state index in [0.29, 0.717) is 6.42 Å². The molecule has 0 aliphatic heterocycles. The van der Waals surface area contributed by atoms with Crippen LogP contribution in [0.2, 0.25) is 0 Å². The van der Waals surface area contributed by atoms with Crippen LogP contribution in [0.3, 0.4) is 0 Å². The van der Waals surface area contributed by atoms with E-state index in [1.54, 1.807) is 0 Å². The van der Waals surface area contributed by atoms with Crippen LogP contribution in [0.25, 0.3) is 21.8 Å². The van der Waals surface area contributed by atoms with Crippen molar-refractivity contribution in [2.45, 2.75) is 12.3 Å². The van der Waals surface area contributed by atoms with Crippen molar-refractivity contribution in [2.75, 3.05) is 0 Å². The second kappa shape index (κ2) is 6.02. The minimum atomic E-state index is -0.828. The molecule has 0 saturated heterocycles. The van der Waals surface area contributed by atoms with E-state index < -0.39 is 11.9 Å². The lowest BCUT2D eigenvalue weighted by molar-refractivity contribution is -0.138. The molecule has 118 valence electrons. The largest absolute Gasteiger partial charge is 0.481 e. The Morgan fingerprint density at radius 1 is 0.958 bits per heavy atom. The van der Waals surface area contributed by atoms with Crippen LogP contribution in [0.5, 0.6) is 0 Å². The molecular weight excluding hydrogens is 320 g/mol. The SMILES string of the molecule is O=C(O)C(Cc1ccc2ccccc2c1)c1ccc2nsnc2c1. The number of aromatic nitrogens is 2. The molecule has 1 aromatic heterocycles. The Balaban J connectivity index is 1.70. The van der Waals surface area contributed by atoms with Gasteiger partial charge in [0.25, 0.3) is 0 Å². The fourth-order valence-corrected chi connectivity index (χ4v) is 3.48. The van der Waals surface area contributed by atoms with Gasteiger partial charge in [-0.05, 0) is 40.5 Å². The van der Waals surface area contributed by atoms with Crippen molar-refractivity contribution in [1.82, 2.24) is 8.75 Å². The van der Waals surface area contributed by atoms with Gasteiger partial charge in [0.2, 0.25) is 0 Å². The number of hydrogen-bond acceptors (Lipinski definition) is 4. The molecule has 0 bridgehead atoms. The molecule has 1 N–H and O–H groups in total. The molecule has 1 atom stereocenters. The van der Waals surface area contributed by atoms with E-state index in [4.69, 9.17) is 0 Å². The highest BCUT2D eigenvalue weighted by Gasteiger charge is 2.21. The first kappa shape index (κ1) is 14.8. The number of fused-ring (bicyclic) bond motifs is 2. The predicted octanol–water partition coefficient (Wildman–Crippen LogP) is 4.26. The topological polar surface area (TPSA) is 63.1 Å². The first-order valence-electron chi connectivity index (χ1n) is 7.63. The molecule has 0 aliphatic carbocycles. The highest BCUT2D eigenvalue weighted by atomic mass is 32.1. The molecule has 5 heteroatoms. The molecule has 24 heavy (non-hydrogen) atoms. The van der Waals surface area contributed by atoms with Gasteiger partial charge >= 0.3 is 5.97 Å². The summed E-state index contributed by atoms with van der Waals surface area (Å²) >= 11 is 1.14. The van der Waals surface area contributed by atoms with Crippen molar-refractivity contribution < 1.29 is 9.90 Å². The molecule has 0 aliphatic rings. The van der Waals surface area contributed by atoms with Gasteiger partial charge in [-0.25, -0.2) is 0 Å². The van der Waals surface area contributed by atoms with Crippen molar-refractivity contribution in [3.05, 3.63) is 71.8 Å². The molecular formula is C19H14N2O2S. The number of nitrogens with zero attached hydrogens (tertiary/aromatic N) is 2. The third-order valence-electron chi connectivity index (χ3n) is 4.23. The smallest absolute Gasteiger partial charge is 0.311 e. The molecule has 3 aromatic carbocycles. The van der Waals surface area contributed by atoms with Crippen LogP contribution in [0.4, 0.5) is 0 Å². The van der Waals surface area contributed by atoms with E-state index in [-0.39, 0.29) is 0 Å². The highest BCUT2D eigenvalue weighted by Crippen LogP contribution is 2.26. The normalized spacial score (nSPS) is 12.5. The summed E-state index contributed by atoms with van der Waals surface area (Å²) in [5.74, 6) is -1.43. The van der Waals surface area contributed by atoms with Gasteiger partial charge in [-0.1, -0.05) is 48.5 Å². The van der Waals surface area contributed by atoms with Gasteiger partial charge in [0, 0.05) is 0 Å². The van der Waals surface area contributed by atoms with Gasteiger partial charge in [-0.2, -0.15) is 8.75 Å². The van der Waals surface area contributed by atoms with Crippen LogP contribution in [-0.4, -0.2) is 19.8 Å². The monoisotopic (exact) mass is 334 g/mol. The lowest BCUT2D eigenvalue weighted by Crippen LogP contribution is -2.14. The van der Waals surface area contributed by atoms with Crippen molar-refractivity contribution in [3.63, 3.8) is 0 Å². The zero-order valence-electron chi connectivity index (χ0n) is 12.7. The van der Waals surface area contributed by atoms with Gasteiger partial charge in [-0.3, -0.25) is 4.79 Å². The molecule has 4 aromatic rings. The zero-order chi connectivity index (χ0) is 16.5. The Hall–Kier alpha value is -2.79. The lowest BCUT2D eigenvalue weighted by Gasteiger charge is -2.13. The molecule has 0 radical (unpaired) electrons. The van der Waals surface area contributed by atoms with Crippen molar-refractivity contribution in [2.24, 2.45) is 0 Å². The minimum Gasteiger partial charge on any atom is -0.481 e. The van der Waals surface area contributed by atoms with Crippen LogP contribution in [-0.2, 0) is 11.2 Å². The molecule has 0 saturated carbocycles. The van der Waals surface area contributed by atoms with Crippen molar-refractivity contribution >= 4 is 39.5 Å². The number of carbonyl (C=O) groups is 1. The zero-order valence-corrected chi connectivity index (χ0v) is 13.5. The summed E-state index contributed by atoms with van der Waals surface area (Å²) in [7, 11) is 0. The number of carboxylic acids is 1. The van der Waals surface area contributed by atoms with E-state index in [9.17, 15) is 9.90 Å². The second-order valence-corrected chi connectivity index (χ2v) is 6.32. The Bertz CT molecular complexity index is 1040. The molecule has 0 spiro atoms. The van der Waals surface area contributed by atoms with E-state index in [0.717, 1.165) is 44.7 Å². The maximum absolute atomic E-state index is 11.8. The molecule has 0 amide bonds. The summed E-state index contributed by atoms with van der Waals surface area (Å²) in [6.07, 6.45) is 0.448. The van der Waals surface area contributed by atoms with Crippen LogP contribution < -0.4 is 0 Å². The Kier molecular flexibility index (Phi) is 3.70. The van der Waals surface area contributed by atoms with Gasteiger partial charge < -0.3 is 5.11 Å². The van der Waals surface area contributed by atoms with Crippen molar-refractivity contribution in [3.8, 4) is 0 Å². The number of aliphatic carboxylic acids is 1. The average Bonchev–Trinajstić information content (AvgIpc) is 3.07. The Labute approximate surface area is 142 Å². The summed E-state index contributed by atoms with van der Waals surface area (Å²) in [6, 6.07) is 19.7. The van der Waals surface area contributed by atoms with E-state index >= 15 is 0 Å². The number of hydrogen-bond donors (Lipinski definition) is 1. The fourth-order valence-electron chi connectivity index (χ4n) is 2.97. The van der Waals surface area contributed by atoms with E-state index in [2.05, 4.69) is 20.9 Å². The van der Waals surface area contributed by atoms with Crippen LogP contribution in [0, 0.1) is 0 Å². The van der Waals surface area contributed by atoms with Gasteiger partial charge in [-0.15, -0.1) is 0 Å². The predicted molar refractivity (Wildman–Crippen MR) is 95.4 cm³/mol. The first-order chi connectivity index (χ1) is 11.7. The minimum absolute atomic E-state index is 0.448. The first-order valence-corrected chi connectivity index (χ1v) is 8.36. The van der Waals surface area contributed by atoms with Gasteiger partial charge in [0.15, 0.2) is 0 Å². The van der Waals surface area contributed by atoms with Crippen LogP contribution in [0.15, 0.2) is 60.7 Å². The van der Waals surface area contributed by atoms with Crippen LogP contribution in [0.1, 0.15) is 17.0 Å². The van der Waals surface area contributed by atoms with Crippen LogP contribution >= 0.6 is 11.7 Å². The summed E-state index contributed by atoms with van der Waals surface area (Å²) in [6.45, 7) is 0. The lowest BCUT2D eigenvalue weighted by atomic mass is 9.91. The summed E-state index contributed by atoms with van der Waals surface area (Å²) in [4.78, 5) is 11.8. The van der Waals surface area contributed by atoms with Gasteiger partial charge in [0.05, 0.1) is 17.6 Å². The van der Waals surface area contributed by atoms with Gasteiger partial charge in [0.1, 0.15) is 11.0 Å². The molecule has 1 unspecified atom stereocenters. The standard InChI is InChI=1S/C19H14N2O2S/c22-19(23)16(15-7-8-17-18(11-15)21-24-20-17)10-12-5-6-13-3-1-2-4-14(13)9-12/h1-9,11,16H,10H2,(H,22,23). The van der Waals surface area contributed by atoms with E-state index in [1.807, 2.05) is 48.5 Å². The second-order valence-electron chi connectivity index (χ2n) is 5.79. The summed E-state index contributed by atoms with van der Waals surface area (Å²) in [5, 5.41) is 12.0. The maximum atomic E-state index is 11.8. The molecule has 4 nitrogen and oxygen atoms in total. The fraction of sp³-hybridized carbons (Fsp3) is 0.105. The molecule has 1 heterocycles.